The predicted octanol–water partition coefficient (Wildman–Crippen LogP) is 0.945. The molecule has 1 aromatic rings. The summed E-state index contributed by atoms with van der Waals surface area (Å²) in [7, 11) is 2.64. The number of methoxy groups -OCH3 is 2. The first-order chi connectivity index (χ1) is 6.67. The molecular weight excluding hydrogens is 189 g/mol. The Labute approximate surface area is 80.7 Å². The van der Waals surface area contributed by atoms with Gasteiger partial charge in [0.15, 0.2) is 0 Å². The molecule has 0 aliphatic heterocycles. The summed E-state index contributed by atoms with van der Waals surface area (Å²) < 4.78 is 22.2. The van der Waals surface area contributed by atoms with E-state index in [0.717, 1.165) is 0 Å². The first kappa shape index (κ1) is 10.4. The van der Waals surface area contributed by atoms with Crippen molar-refractivity contribution in [2.45, 2.75) is 6.42 Å². The van der Waals surface area contributed by atoms with Crippen LogP contribution in [0.15, 0.2) is 12.1 Å². The Bertz CT molecular complexity index is 341. The number of esters is 1. The first-order valence-electron chi connectivity index (χ1n) is 3.93. The van der Waals surface area contributed by atoms with Crippen molar-refractivity contribution in [3.05, 3.63) is 23.6 Å². The van der Waals surface area contributed by atoms with Gasteiger partial charge in [0.2, 0.25) is 11.8 Å². The van der Waals surface area contributed by atoms with Crippen molar-refractivity contribution in [1.82, 2.24) is 4.98 Å². The summed E-state index contributed by atoms with van der Waals surface area (Å²) >= 11 is 0. The molecule has 0 aliphatic carbocycles. The lowest BCUT2D eigenvalue weighted by Gasteiger charge is -2.03. The maximum absolute atomic E-state index is 13.1. The van der Waals surface area contributed by atoms with Crippen LogP contribution in [-0.4, -0.2) is 25.2 Å². The molecule has 0 aliphatic rings. The smallest absolute Gasteiger partial charge is 0.310 e. The van der Waals surface area contributed by atoms with Crippen LogP contribution in [0.3, 0.4) is 0 Å². The van der Waals surface area contributed by atoms with E-state index in [1.807, 2.05) is 0 Å². The van der Waals surface area contributed by atoms with E-state index in [-0.39, 0.29) is 17.9 Å². The number of nitrogens with zero attached hydrogens (tertiary/aromatic N) is 1. The molecule has 0 spiro atoms. The minimum atomic E-state index is -0.713. The van der Waals surface area contributed by atoms with Gasteiger partial charge in [0.25, 0.3) is 0 Å². The normalized spacial score (nSPS) is 9.64. The molecule has 0 amide bonds. The Morgan fingerprint density at radius 3 is 2.71 bits per heavy atom. The fraction of sp³-hybridized carbons (Fsp3) is 0.333. The molecule has 0 N–H and O–H groups in total. The molecule has 14 heavy (non-hydrogen) atoms. The van der Waals surface area contributed by atoms with Gasteiger partial charge in [0.1, 0.15) is 0 Å². The first-order valence-corrected chi connectivity index (χ1v) is 3.93. The third-order valence-corrected chi connectivity index (χ3v) is 1.67. The van der Waals surface area contributed by atoms with Crippen molar-refractivity contribution in [3.8, 4) is 5.88 Å². The van der Waals surface area contributed by atoms with Gasteiger partial charge >= 0.3 is 5.97 Å². The van der Waals surface area contributed by atoms with Gasteiger partial charge in [-0.05, 0) is 6.07 Å². The fourth-order valence-corrected chi connectivity index (χ4v) is 0.920. The second-order valence-electron chi connectivity index (χ2n) is 2.56. The Hall–Kier alpha value is -1.65. The number of halogens is 1. The molecule has 0 bridgehead atoms. The van der Waals surface area contributed by atoms with Gasteiger partial charge in [-0.1, -0.05) is 0 Å². The summed E-state index contributed by atoms with van der Waals surface area (Å²) in [5.41, 5.74) is 0.192. The number of hydrogen-bond donors (Lipinski definition) is 0. The zero-order valence-electron chi connectivity index (χ0n) is 7.91. The largest absolute Gasteiger partial charge is 0.481 e. The predicted molar refractivity (Wildman–Crippen MR) is 46.5 cm³/mol. The van der Waals surface area contributed by atoms with Crippen molar-refractivity contribution < 1.29 is 18.7 Å². The quantitative estimate of drug-likeness (QED) is 0.537. The van der Waals surface area contributed by atoms with Crippen LogP contribution in [0.5, 0.6) is 5.88 Å². The highest BCUT2D eigenvalue weighted by atomic mass is 19.1. The van der Waals surface area contributed by atoms with Crippen LogP contribution in [0.1, 0.15) is 5.56 Å². The number of ether oxygens (including phenoxy) is 2. The van der Waals surface area contributed by atoms with E-state index in [1.54, 1.807) is 0 Å². The molecule has 0 saturated heterocycles. The van der Waals surface area contributed by atoms with Gasteiger partial charge in [0.05, 0.1) is 20.6 Å². The van der Waals surface area contributed by atoms with Gasteiger partial charge in [0, 0.05) is 11.6 Å². The van der Waals surface area contributed by atoms with Crippen LogP contribution < -0.4 is 4.74 Å². The molecule has 4 nitrogen and oxygen atoms in total. The van der Waals surface area contributed by atoms with Crippen LogP contribution >= 0.6 is 0 Å². The molecule has 1 aromatic heterocycles. The SMILES string of the molecule is COC(=O)Cc1ccc(OC)nc1F. The van der Waals surface area contributed by atoms with Gasteiger partial charge in [-0.3, -0.25) is 4.79 Å². The lowest BCUT2D eigenvalue weighted by molar-refractivity contribution is -0.139. The maximum Gasteiger partial charge on any atom is 0.310 e. The van der Waals surface area contributed by atoms with Crippen LogP contribution in [0.25, 0.3) is 0 Å². The highest BCUT2D eigenvalue weighted by Gasteiger charge is 2.10. The third-order valence-electron chi connectivity index (χ3n) is 1.67. The summed E-state index contributed by atoms with van der Waals surface area (Å²) in [6, 6.07) is 2.93. The van der Waals surface area contributed by atoms with Crippen LogP contribution in [-0.2, 0) is 16.0 Å². The molecule has 0 saturated carbocycles. The van der Waals surface area contributed by atoms with Crippen molar-refractivity contribution >= 4 is 5.97 Å². The second kappa shape index (κ2) is 4.55. The zero-order valence-corrected chi connectivity index (χ0v) is 7.91. The van der Waals surface area contributed by atoms with Crippen molar-refractivity contribution in [3.63, 3.8) is 0 Å². The lowest BCUT2D eigenvalue weighted by atomic mass is 10.2. The Morgan fingerprint density at radius 1 is 1.50 bits per heavy atom. The monoisotopic (exact) mass is 199 g/mol. The Balaban J connectivity index is 2.83. The summed E-state index contributed by atoms with van der Waals surface area (Å²) in [5, 5.41) is 0. The highest BCUT2D eigenvalue weighted by molar-refractivity contribution is 5.72. The van der Waals surface area contributed by atoms with E-state index < -0.39 is 11.9 Å². The van der Waals surface area contributed by atoms with Gasteiger partial charge < -0.3 is 9.47 Å². The summed E-state index contributed by atoms with van der Waals surface area (Å²) in [5.74, 6) is -1.04. The third kappa shape index (κ3) is 2.42. The number of carbonyl (C=O) groups is 1. The van der Waals surface area contributed by atoms with Crippen molar-refractivity contribution in [2.24, 2.45) is 0 Å². The van der Waals surface area contributed by atoms with Gasteiger partial charge in [-0.2, -0.15) is 9.37 Å². The minimum Gasteiger partial charge on any atom is -0.481 e. The average molecular weight is 199 g/mol. The van der Waals surface area contributed by atoms with E-state index in [0.29, 0.717) is 0 Å². The topological polar surface area (TPSA) is 48.4 Å². The van der Waals surface area contributed by atoms with E-state index in [4.69, 9.17) is 4.74 Å². The van der Waals surface area contributed by atoms with Crippen LogP contribution in [0.2, 0.25) is 0 Å². The number of pyridine rings is 1. The summed E-state index contributed by atoms with van der Waals surface area (Å²) in [4.78, 5) is 14.3. The fourth-order valence-electron chi connectivity index (χ4n) is 0.920. The van der Waals surface area contributed by atoms with Crippen LogP contribution in [0.4, 0.5) is 4.39 Å². The molecule has 5 heteroatoms. The number of aromatic nitrogens is 1. The highest BCUT2D eigenvalue weighted by Crippen LogP contribution is 2.12. The zero-order chi connectivity index (χ0) is 10.6. The van der Waals surface area contributed by atoms with Crippen LogP contribution in [0, 0.1) is 5.95 Å². The molecule has 0 radical (unpaired) electrons. The van der Waals surface area contributed by atoms with E-state index >= 15 is 0 Å². The molecule has 1 heterocycles. The average Bonchev–Trinajstić information content (AvgIpc) is 2.20. The van der Waals surface area contributed by atoms with Crippen molar-refractivity contribution in [1.29, 1.82) is 0 Å². The van der Waals surface area contributed by atoms with Gasteiger partial charge in [-0.25, -0.2) is 0 Å². The maximum atomic E-state index is 13.1. The standard InChI is InChI=1S/C9H10FNO3/c1-13-7-4-3-6(9(10)11-7)5-8(12)14-2/h3-4H,5H2,1-2H3. The Morgan fingerprint density at radius 2 is 2.21 bits per heavy atom. The van der Waals surface area contributed by atoms with Crippen molar-refractivity contribution in [2.75, 3.05) is 14.2 Å². The summed E-state index contributed by atoms with van der Waals surface area (Å²) in [6.45, 7) is 0. The minimum absolute atomic E-state index is 0.126. The number of rotatable bonds is 3. The molecule has 76 valence electrons. The van der Waals surface area contributed by atoms with E-state index in [1.165, 1.54) is 26.4 Å². The lowest BCUT2D eigenvalue weighted by Crippen LogP contribution is -2.07. The molecule has 0 aromatic carbocycles. The molecule has 1 rings (SSSR count). The number of hydrogen-bond acceptors (Lipinski definition) is 4. The molecular formula is C9H10FNO3. The molecule has 0 atom stereocenters. The van der Waals surface area contributed by atoms with E-state index in [9.17, 15) is 9.18 Å². The van der Waals surface area contributed by atoms with Gasteiger partial charge in [-0.15, -0.1) is 0 Å². The van der Waals surface area contributed by atoms with E-state index in [2.05, 4.69) is 9.72 Å². The molecule has 0 fully saturated rings. The number of carbonyl (C=O) groups excluding carboxylic acids is 1. The Kier molecular flexibility index (Phi) is 3.39. The second-order valence-corrected chi connectivity index (χ2v) is 2.56. The molecule has 0 unspecified atom stereocenters. The summed E-state index contributed by atoms with van der Waals surface area (Å²) in [6.07, 6.45) is -0.126.